The summed E-state index contributed by atoms with van der Waals surface area (Å²) in [6, 6.07) is 16.4. The van der Waals surface area contributed by atoms with E-state index in [1.807, 2.05) is 35.7 Å². The first kappa shape index (κ1) is 19.0. The number of aryl methyl sites for hydroxylation is 1. The van der Waals surface area contributed by atoms with Crippen LogP contribution in [-0.2, 0) is 16.4 Å². The van der Waals surface area contributed by atoms with Crippen molar-refractivity contribution >= 4 is 32.2 Å². The molecule has 0 amide bonds. The zero-order valence-corrected chi connectivity index (χ0v) is 17.6. The van der Waals surface area contributed by atoms with E-state index in [0.717, 1.165) is 40.5 Å². The lowest BCUT2D eigenvalue weighted by atomic mass is 10.00. The van der Waals surface area contributed by atoms with Gasteiger partial charge in [-0.3, -0.25) is 4.31 Å². The zero-order chi connectivity index (χ0) is 19.7. The van der Waals surface area contributed by atoms with Crippen LogP contribution in [-0.4, -0.2) is 26.2 Å². The predicted molar refractivity (Wildman–Crippen MR) is 117 cm³/mol. The zero-order valence-electron chi connectivity index (χ0n) is 15.9. The fraction of sp³-hybridized carbons (Fsp3) is 0.286. The highest BCUT2D eigenvalue weighted by molar-refractivity contribution is 7.92. The molecule has 146 valence electrons. The van der Waals surface area contributed by atoms with Crippen molar-refractivity contribution in [2.45, 2.75) is 25.8 Å². The fourth-order valence-electron chi connectivity index (χ4n) is 3.55. The molecule has 1 N–H and O–H groups in total. The highest BCUT2D eigenvalue weighted by Crippen LogP contribution is 2.34. The molecule has 2 heterocycles. The lowest BCUT2D eigenvalue weighted by molar-refractivity contribution is 0.592. The fourth-order valence-corrected chi connectivity index (χ4v) is 5.35. The van der Waals surface area contributed by atoms with Gasteiger partial charge < -0.3 is 5.32 Å². The Morgan fingerprint density at radius 3 is 2.71 bits per heavy atom. The molecule has 1 aromatic heterocycles. The molecule has 28 heavy (non-hydrogen) atoms. The van der Waals surface area contributed by atoms with Crippen LogP contribution in [0.1, 0.15) is 30.5 Å². The van der Waals surface area contributed by atoms with Crippen LogP contribution in [0.4, 0.5) is 10.8 Å². The van der Waals surface area contributed by atoms with Gasteiger partial charge in [0.15, 0.2) is 5.13 Å². The molecule has 1 aliphatic rings. The third-order valence-electron chi connectivity index (χ3n) is 5.00. The van der Waals surface area contributed by atoms with Gasteiger partial charge in [0.1, 0.15) is 0 Å². The van der Waals surface area contributed by atoms with Crippen LogP contribution in [0.15, 0.2) is 53.9 Å². The SMILES string of the molecule is C[C@H](Nc1nc(-c2ccc3c(c2)CCCN3S(C)(=O)=O)cs1)c1ccccc1. The van der Waals surface area contributed by atoms with E-state index in [4.69, 9.17) is 4.98 Å². The number of nitrogens with zero attached hydrogens (tertiary/aromatic N) is 2. The van der Waals surface area contributed by atoms with Gasteiger partial charge in [0.2, 0.25) is 10.0 Å². The van der Waals surface area contributed by atoms with Gasteiger partial charge in [0, 0.05) is 17.5 Å². The molecule has 1 aliphatic heterocycles. The van der Waals surface area contributed by atoms with Crippen molar-refractivity contribution in [2.75, 3.05) is 22.4 Å². The van der Waals surface area contributed by atoms with E-state index in [0.29, 0.717) is 6.54 Å². The highest BCUT2D eigenvalue weighted by atomic mass is 32.2. The van der Waals surface area contributed by atoms with E-state index in [1.165, 1.54) is 16.1 Å². The second kappa shape index (κ2) is 7.56. The monoisotopic (exact) mass is 413 g/mol. The molecule has 2 aromatic carbocycles. The van der Waals surface area contributed by atoms with Crippen LogP contribution in [0.5, 0.6) is 0 Å². The summed E-state index contributed by atoms with van der Waals surface area (Å²) < 4.78 is 25.6. The second-order valence-corrected chi connectivity index (χ2v) is 9.86. The van der Waals surface area contributed by atoms with Crippen molar-refractivity contribution in [1.82, 2.24) is 4.98 Å². The molecule has 0 fully saturated rings. The average Bonchev–Trinajstić information content (AvgIpc) is 3.15. The first-order valence-electron chi connectivity index (χ1n) is 9.30. The topological polar surface area (TPSA) is 62.3 Å². The average molecular weight is 414 g/mol. The summed E-state index contributed by atoms with van der Waals surface area (Å²) in [7, 11) is -3.24. The maximum absolute atomic E-state index is 12.0. The van der Waals surface area contributed by atoms with Crippen molar-refractivity contribution in [3.05, 3.63) is 65.0 Å². The molecule has 0 saturated carbocycles. The number of rotatable bonds is 5. The lowest BCUT2D eigenvalue weighted by Gasteiger charge is -2.29. The van der Waals surface area contributed by atoms with Gasteiger partial charge in [-0.1, -0.05) is 36.4 Å². The van der Waals surface area contributed by atoms with Gasteiger partial charge >= 0.3 is 0 Å². The van der Waals surface area contributed by atoms with Crippen LogP contribution in [0.25, 0.3) is 11.3 Å². The van der Waals surface area contributed by atoms with E-state index < -0.39 is 10.0 Å². The number of hydrogen-bond acceptors (Lipinski definition) is 5. The number of hydrogen-bond donors (Lipinski definition) is 1. The number of fused-ring (bicyclic) bond motifs is 1. The first-order chi connectivity index (χ1) is 13.4. The molecule has 0 unspecified atom stereocenters. The number of anilines is 2. The van der Waals surface area contributed by atoms with Crippen molar-refractivity contribution in [2.24, 2.45) is 0 Å². The van der Waals surface area contributed by atoms with E-state index in [1.54, 1.807) is 11.3 Å². The molecule has 0 saturated heterocycles. The standard InChI is InChI=1S/C21H23N3O2S2/c1-15(16-7-4-3-5-8-16)22-21-23-19(14-27-21)17-10-11-20-18(13-17)9-6-12-24(20)28(2,25)26/h3-5,7-8,10-11,13-15H,6,9,12H2,1-2H3,(H,22,23)/t15-/m0/s1. The largest absolute Gasteiger partial charge is 0.355 e. The molecule has 3 aromatic rings. The Morgan fingerprint density at radius 2 is 1.96 bits per heavy atom. The Kier molecular flexibility index (Phi) is 5.12. The van der Waals surface area contributed by atoms with Crippen LogP contribution in [0.2, 0.25) is 0 Å². The van der Waals surface area contributed by atoms with Gasteiger partial charge in [0.25, 0.3) is 0 Å². The van der Waals surface area contributed by atoms with Crippen molar-refractivity contribution in [1.29, 1.82) is 0 Å². The first-order valence-corrected chi connectivity index (χ1v) is 12.0. The van der Waals surface area contributed by atoms with Gasteiger partial charge in [-0.2, -0.15) is 0 Å². The molecule has 7 heteroatoms. The van der Waals surface area contributed by atoms with Gasteiger partial charge in [-0.15, -0.1) is 11.3 Å². The summed E-state index contributed by atoms with van der Waals surface area (Å²) in [4.78, 5) is 4.74. The molecule has 0 radical (unpaired) electrons. The number of thiazole rings is 1. The van der Waals surface area contributed by atoms with E-state index in [-0.39, 0.29) is 6.04 Å². The Hall–Kier alpha value is -2.38. The molecule has 1 atom stereocenters. The summed E-state index contributed by atoms with van der Waals surface area (Å²) in [5.41, 5.74) is 5.00. The summed E-state index contributed by atoms with van der Waals surface area (Å²) in [6.07, 6.45) is 2.99. The summed E-state index contributed by atoms with van der Waals surface area (Å²) in [5.74, 6) is 0. The molecule has 4 rings (SSSR count). The maximum atomic E-state index is 12.0. The third kappa shape index (κ3) is 3.91. The summed E-state index contributed by atoms with van der Waals surface area (Å²) in [6.45, 7) is 2.67. The minimum Gasteiger partial charge on any atom is -0.355 e. The normalized spacial score (nSPS) is 15.1. The van der Waals surface area contributed by atoms with Crippen LogP contribution in [0.3, 0.4) is 0 Å². The lowest BCUT2D eigenvalue weighted by Crippen LogP contribution is -2.34. The molecular formula is C21H23N3O2S2. The quantitative estimate of drug-likeness (QED) is 0.659. The number of aromatic nitrogens is 1. The molecule has 5 nitrogen and oxygen atoms in total. The Labute approximate surface area is 170 Å². The van der Waals surface area contributed by atoms with Crippen LogP contribution < -0.4 is 9.62 Å². The predicted octanol–water partition coefficient (Wildman–Crippen LogP) is 4.70. The van der Waals surface area contributed by atoms with Crippen molar-refractivity contribution in [3.63, 3.8) is 0 Å². The Bertz CT molecular complexity index is 1080. The van der Waals surface area contributed by atoms with Crippen molar-refractivity contribution in [3.8, 4) is 11.3 Å². The minimum atomic E-state index is -3.24. The van der Waals surface area contributed by atoms with E-state index >= 15 is 0 Å². The molecular weight excluding hydrogens is 390 g/mol. The Morgan fingerprint density at radius 1 is 1.18 bits per heavy atom. The summed E-state index contributed by atoms with van der Waals surface area (Å²) in [5, 5.41) is 6.37. The highest BCUT2D eigenvalue weighted by Gasteiger charge is 2.24. The summed E-state index contributed by atoms with van der Waals surface area (Å²) >= 11 is 1.58. The number of benzene rings is 2. The maximum Gasteiger partial charge on any atom is 0.232 e. The van der Waals surface area contributed by atoms with Crippen LogP contribution in [0, 0.1) is 0 Å². The van der Waals surface area contributed by atoms with Crippen molar-refractivity contribution < 1.29 is 8.42 Å². The van der Waals surface area contributed by atoms with Gasteiger partial charge in [0.05, 0.1) is 23.7 Å². The van der Waals surface area contributed by atoms with E-state index in [2.05, 4.69) is 30.4 Å². The second-order valence-electron chi connectivity index (χ2n) is 7.10. The Balaban J connectivity index is 1.56. The molecule has 0 bridgehead atoms. The minimum absolute atomic E-state index is 0.173. The van der Waals surface area contributed by atoms with Crippen LogP contribution >= 0.6 is 11.3 Å². The molecule has 0 aliphatic carbocycles. The van der Waals surface area contributed by atoms with Gasteiger partial charge in [-0.05, 0) is 43.0 Å². The number of sulfonamides is 1. The third-order valence-corrected chi connectivity index (χ3v) is 6.95. The number of nitrogens with one attached hydrogen (secondary N) is 1. The van der Waals surface area contributed by atoms with Gasteiger partial charge in [-0.25, -0.2) is 13.4 Å². The molecule has 0 spiro atoms. The smallest absolute Gasteiger partial charge is 0.232 e. The van der Waals surface area contributed by atoms with E-state index in [9.17, 15) is 8.42 Å².